The summed E-state index contributed by atoms with van der Waals surface area (Å²) in [5.74, 6) is -1.04. The molecule has 0 heterocycles. The zero-order chi connectivity index (χ0) is 17.5. The highest BCUT2D eigenvalue weighted by Crippen LogP contribution is 2.30. The van der Waals surface area contributed by atoms with Gasteiger partial charge in [-0.15, -0.1) is 0 Å². The van der Waals surface area contributed by atoms with Gasteiger partial charge in [0.25, 0.3) is 5.91 Å². The van der Waals surface area contributed by atoms with Crippen molar-refractivity contribution < 1.29 is 27.5 Å². The molecule has 1 rings (SSSR count). The molecule has 0 aliphatic carbocycles. The lowest BCUT2D eigenvalue weighted by molar-refractivity contribution is -0.137. The number of hydrogen-bond donors (Lipinski definition) is 2. The second kappa shape index (κ2) is 7.84. The van der Waals surface area contributed by atoms with Gasteiger partial charge in [-0.1, -0.05) is 6.07 Å². The van der Waals surface area contributed by atoms with Crippen molar-refractivity contribution in [3.05, 3.63) is 41.6 Å². The summed E-state index contributed by atoms with van der Waals surface area (Å²) in [5.41, 5.74) is -1.36. The third kappa shape index (κ3) is 5.70. The van der Waals surface area contributed by atoms with E-state index in [1.165, 1.54) is 25.1 Å². The third-order valence-electron chi connectivity index (χ3n) is 2.43. The van der Waals surface area contributed by atoms with E-state index in [0.717, 1.165) is 18.3 Å². The fourth-order valence-electron chi connectivity index (χ4n) is 1.42. The lowest BCUT2D eigenvalue weighted by Gasteiger charge is -2.08. The van der Waals surface area contributed by atoms with E-state index in [-0.39, 0.29) is 12.3 Å². The van der Waals surface area contributed by atoms with Crippen LogP contribution in [0.5, 0.6) is 0 Å². The summed E-state index contributed by atoms with van der Waals surface area (Å²) in [6.07, 6.45) is -4.65. The Hall–Kier alpha value is -3.02. The summed E-state index contributed by atoms with van der Waals surface area (Å²) in [5, 5.41) is 13.0. The fourth-order valence-corrected chi connectivity index (χ4v) is 1.42. The van der Waals surface area contributed by atoms with Gasteiger partial charge in [0.15, 0.2) is 0 Å². The van der Waals surface area contributed by atoms with Gasteiger partial charge in [0.2, 0.25) is 0 Å². The predicted octanol–water partition coefficient (Wildman–Crippen LogP) is 2.80. The zero-order valence-electron chi connectivity index (χ0n) is 11.9. The molecule has 0 saturated carbocycles. The van der Waals surface area contributed by atoms with Crippen LogP contribution >= 0.6 is 0 Å². The standard InChI is InChI=1S/C14H12F3N3O3/c1-2-23-13(22)20-12(21)9(7-18)8-19-11-5-3-4-10(6-11)14(15,16)17/h3-6,8,19H,2H2,1H3,(H,20,21,22)/b9-8-. The Morgan fingerprint density at radius 2 is 2.09 bits per heavy atom. The van der Waals surface area contributed by atoms with Gasteiger partial charge in [-0.05, 0) is 25.1 Å². The van der Waals surface area contributed by atoms with Crippen LogP contribution in [-0.4, -0.2) is 18.6 Å². The molecular formula is C14H12F3N3O3. The molecule has 0 radical (unpaired) electrons. The number of carbonyl (C=O) groups excluding carboxylic acids is 2. The van der Waals surface area contributed by atoms with Gasteiger partial charge in [-0.2, -0.15) is 18.4 Å². The number of anilines is 1. The normalized spacial score (nSPS) is 11.3. The van der Waals surface area contributed by atoms with Crippen LogP contribution < -0.4 is 10.6 Å². The van der Waals surface area contributed by atoms with Crippen molar-refractivity contribution in [1.82, 2.24) is 5.32 Å². The van der Waals surface area contributed by atoms with Crippen LogP contribution in [0.15, 0.2) is 36.0 Å². The maximum atomic E-state index is 12.6. The molecule has 0 aliphatic rings. The van der Waals surface area contributed by atoms with E-state index >= 15 is 0 Å². The number of alkyl halides is 3. The maximum Gasteiger partial charge on any atom is 0.416 e. The first-order chi connectivity index (χ1) is 10.8. The van der Waals surface area contributed by atoms with E-state index in [0.29, 0.717) is 0 Å². The molecule has 0 saturated heterocycles. The van der Waals surface area contributed by atoms with Crippen LogP contribution in [0.2, 0.25) is 0 Å². The van der Waals surface area contributed by atoms with Gasteiger partial charge >= 0.3 is 12.3 Å². The molecule has 1 aromatic carbocycles. The van der Waals surface area contributed by atoms with Crippen molar-refractivity contribution >= 4 is 17.7 Å². The van der Waals surface area contributed by atoms with Crippen molar-refractivity contribution in [1.29, 1.82) is 5.26 Å². The molecule has 2 amide bonds. The van der Waals surface area contributed by atoms with E-state index < -0.39 is 29.3 Å². The van der Waals surface area contributed by atoms with E-state index in [4.69, 9.17) is 5.26 Å². The highest BCUT2D eigenvalue weighted by Gasteiger charge is 2.30. The highest BCUT2D eigenvalue weighted by molar-refractivity contribution is 6.05. The molecule has 0 aromatic heterocycles. The highest BCUT2D eigenvalue weighted by atomic mass is 19.4. The number of alkyl carbamates (subject to hydrolysis) is 1. The van der Waals surface area contributed by atoms with E-state index in [1.54, 1.807) is 5.32 Å². The first-order valence-electron chi connectivity index (χ1n) is 6.30. The Morgan fingerprint density at radius 1 is 1.39 bits per heavy atom. The SMILES string of the molecule is CCOC(=O)NC(=O)/C(C#N)=C\Nc1cccc(C(F)(F)F)c1. The number of nitrogens with one attached hydrogen (secondary N) is 2. The lowest BCUT2D eigenvalue weighted by Crippen LogP contribution is -2.32. The number of nitriles is 1. The molecule has 0 aliphatic heterocycles. The Labute approximate surface area is 129 Å². The van der Waals surface area contributed by atoms with Crippen LogP contribution in [0.4, 0.5) is 23.7 Å². The molecule has 0 atom stereocenters. The minimum atomic E-state index is -4.51. The topological polar surface area (TPSA) is 91.2 Å². The van der Waals surface area contributed by atoms with Crippen LogP contribution in [0.3, 0.4) is 0 Å². The third-order valence-corrected chi connectivity index (χ3v) is 2.43. The smallest absolute Gasteiger partial charge is 0.416 e. The fraction of sp³-hybridized carbons (Fsp3) is 0.214. The van der Waals surface area contributed by atoms with E-state index in [9.17, 15) is 22.8 Å². The minimum Gasteiger partial charge on any atom is -0.450 e. The zero-order valence-corrected chi connectivity index (χ0v) is 11.9. The minimum absolute atomic E-state index is 0.0245. The van der Waals surface area contributed by atoms with E-state index in [1.807, 2.05) is 0 Å². The number of nitrogens with zero attached hydrogens (tertiary/aromatic N) is 1. The summed E-state index contributed by atoms with van der Waals surface area (Å²) >= 11 is 0. The van der Waals surface area contributed by atoms with Crippen molar-refractivity contribution in [3.63, 3.8) is 0 Å². The predicted molar refractivity (Wildman–Crippen MR) is 73.9 cm³/mol. The number of benzene rings is 1. The molecule has 1 aromatic rings. The van der Waals surface area contributed by atoms with Crippen LogP contribution in [0, 0.1) is 11.3 Å². The number of ether oxygens (including phenoxy) is 1. The summed E-state index contributed by atoms with van der Waals surface area (Å²) < 4.78 is 42.2. The van der Waals surface area contributed by atoms with Gasteiger partial charge in [0, 0.05) is 11.9 Å². The second-order valence-corrected chi connectivity index (χ2v) is 4.07. The van der Waals surface area contributed by atoms with Crippen LogP contribution in [0.1, 0.15) is 12.5 Å². The molecule has 122 valence electrons. The molecule has 0 bridgehead atoms. The Bertz CT molecular complexity index is 663. The summed E-state index contributed by atoms with van der Waals surface area (Å²) in [4.78, 5) is 22.7. The molecule has 2 N–H and O–H groups in total. The Balaban J connectivity index is 2.83. The monoisotopic (exact) mass is 327 g/mol. The molecule has 6 nitrogen and oxygen atoms in total. The molecule has 23 heavy (non-hydrogen) atoms. The summed E-state index contributed by atoms with van der Waals surface area (Å²) in [7, 11) is 0. The molecular weight excluding hydrogens is 315 g/mol. The number of carbonyl (C=O) groups is 2. The Morgan fingerprint density at radius 3 is 2.65 bits per heavy atom. The van der Waals surface area contributed by atoms with Crippen molar-refractivity contribution in [2.45, 2.75) is 13.1 Å². The first-order valence-corrected chi connectivity index (χ1v) is 6.30. The second-order valence-electron chi connectivity index (χ2n) is 4.07. The molecule has 0 fully saturated rings. The van der Waals surface area contributed by atoms with E-state index in [2.05, 4.69) is 10.1 Å². The number of imide groups is 1. The average Bonchev–Trinajstić information content (AvgIpc) is 2.47. The average molecular weight is 327 g/mol. The quantitative estimate of drug-likeness (QED) is 0.655. The Kier molecular flexibility index (Phi) is 6.14. The van der Waals surface area contributed by atoms with Crippen molar-refractivity contribution in [2.75, 3.05) is 11.9 Å². The van der Waals surface area contributed by atoms with Gasteiger partial charge in [0.05, 0.1) is 12.2 Å². The molecule has 0 spiro atoms. The van der Waals surface area contributed by atoms with Crippen LogP contribution in [-0.2, 0) is 15.7 Å². The van der Waals surface area contributed by atoms with Gasteiger partial charge in [-0.25, -0.2) is 4.79 Å². The largest absolute Gasteiger partial charge is 0.450 e. The number of hydrogen-bond acceptors (Lipinski definition) is 5. The van der Waals surface area contributed by atoms with Gasteiger partial charge in [-0.3, -0.25) is 10.1 Å². The van der Waals surface area contributed by atoms with Crippen molar-refractivity contribution in [2.24, 2.45) is 0 Å². The molecule has 0 unspecified atom stereocenters. The maximum absolute atomic E-state index is 12.6. The van der Waals surface area contributed by atoms with Crippen molar-refractivity contribution in [3.8, 4) is 6.07 Å². The first kappa shape index (κ1) is 18.0. The number of halogens is 3. The van der Waals surface area contributed by atoms with Gasteiger partial charge < -0.3 is 10.1 Å². The van der Waals surface area contributed by atoms with Crippen LogP contribution in [0.25, 0.3) is 0 Å². The summed E-state index contributed by atoms with van der Waals surface area (Å²) in [6.45, 7) is 1.56. The summed E-state index contributed by atoms with van der Waals surface area (Å²) in [6, 6.07) is 5.71. The molecule has 9 heteroatoms. The lowest BCUT2D eigenvalue weighted by atomic mass is 10.2. The number of amides is 2. The number of rotatable bonds is 4. The van der Waals surface area contributed by atoms with Gasteiger partial charge in [0.1, 0.15) is 11.6 Å².